The first-order chi connectivity index (χ1) is 8.70. The average molecular weight is 253 g/mol. The molecule has 0 heterocycles. The molecular formula is C17H35N. The molecule has 0 radical (unpaired) electrons. The Morgan fingerprint density at radius 2 is 1.50 bits per heavy atom. The van der Waals surface area contributed by atoms with Crippen LogP contribution in [0, 0.1) is 0 Å². The highest BCUT2D eigenvalue weighted by Gasteiger charge is 2.03. The molecule has 0 aromatic rings. The van der Waals surface area contributed by atoms with Gasteiger partial charge >= 0.3 is 0 Å². The number of unbranched alkanes of at least 4 members (excludes halogenated alkanes) is 6. The van der Waals surface area contributed by atoms with Gasteiger partial charge in [-0.15, -0.1) is 0 Å². The molecule has 0 aliphatic carbocycles. The molecule has 0 spiro atoms. The molecule has 1 N–H and O–H groups in total. The highest BCUT2D eigenvalue weighted by Crippen LogP contribution is 2.11. The first kappa shape index (κ1) is 17.7. The van der Waals surface area contributed by atoms with Crippen molar-refractivity contribution in [1.82, 2.24) is 5.32 Å². The first-order valence-corrected chi connectivity index (χ1v) is 8.09. The molecule has 1 unspecified atom stereocenters. The standard InChI is InChI=1S/C17H35N/c1-5-7-8-9-10-11-12-13-17(15-16(3)4)18-14-6-2/h15,17-18H,5-14H2,1-4H3. The van der Waals surface area contributed by atoms with Gasteiger partial charge in [0.15, 0.2) is 0 Å². The van der Waals surface area contributed by atoms with Crippen LogP contribution in [0.25, 0.3) is 0 Å². The smallest absolute Gasteiger partial charge is 0.0252 e. The molecule has 0 aromatic carbocycles. The molecule has 0 saturated heterocycles. The van der Waals surface area contributed by atoms with Crippen molar-refractivity contribution < 1.29 is 0 Å². The second-order valence-electron chi connectivity index (χ2n) is 5.71. The van der Waals surface area contributed by atoms with Gasteiger partial charge in [-0.1, -0.05) is 70.4 Å². The Kier molecular flexibility index (Phi) is 12.9. The molecule has 0 bridgehead atoms. The predicted molar refractivity (Wildman–Crippen MR) is 84.1 cm³/mol. The van der Waals surface area contributed by atoms with Crippen LogP contribution in [0.5, 0.6) is 0 Å². The Morgan fingerprint density at radius 1 is 0.889 bits per heavy atom. The van der Waals surface area contributed by atoms with E-state index in [0.29, 0.717) is 6.04 Å². The fourth-order valence-electron chi connectivity index (χ4n) is 2.30. The fraction of sp³-hybridized carbons (Fsp3) is 0.882. The second kappa shape index (κ2) is 13.1. The lowest BCUT2D eigenvalue weighted by molar-refractivity contribution is 0.505. The van der Waals surface area contributed by atoms with Gasteiger partial charge in [0.2, 0.25) is 0 Å². The number of allylic oxidation sites excluding steroid dienone is 1. The monoisotopic (exact) mass is 253 g/mol. The summed E-state index contributed by atoms with van der Waals surface area (Å²) >= 11 is 0. The van der Waals surface area contributed by atoms with Crippen molar-refractivity contribution in [2.75, 3.05) is 6.54 Å². The Balaban J connectivity index is 3.59. The summed E-state index contributed by atoms with van der Waals surface area (Å²) in [5.74, 6) is 0. The highest BCUT2D eigenvalue weighted by molar-refractivity contribution is 5.00. The minimum atomic E-state index is 0.602. The second-order valence-corrected chi connectivity index (χ2v) is 5.71. The minimum absolute atomic E-state index is 0.602. The lowest BCUT2D eigenvalue weighted by Gasteiger charge is -2.15. The number of rotatable bonds is 12. The molecule has 1 nitrogen and oxygen atoms in total. The summed E-state index contributed by atoms with van der Waals surface area (Å²) in [6.07, 6.45) is 14.8. The fourth-order valence-corrected chi connectivity index (χ4v) is 2.30. The summed E-state index contributed by atoms with van der Waals surface area (Å²) in [6, 6.07) is 0.602. The van der Waals surface area contributed by atoms with E-state index in [0.717, 1.165) is 6.54 Å². The van der Waals surface area contributed by atoms with E-state index >= 15 is 0 Å². The van der Waals surface area contributed by atoms with Crippen LogP contribution in [0.15, 0.2) is 11.6 Å². The lowest BCUT2D eigenvalue weighted by Crippen LogP contribution is -2.28. The van der Waals surface area contributed by atoms with Gasteiger partial charge < -0.3 is 5.32 Å². The van der Waals surface area contributed by atoms with Crippen LogP contribution in [0.3, 0.4) is 0 Å². The number of nitrogens with one attached hydrogen (secondary N) is 1. The van der Waals surface area contributed by atoms with E-state index in [2.05, 4.69) is 39.1 Å². The molecule has 0 saturated carbocycles. The van der Waals surface area contributed by atoms with Gasteiger partial charge in [-0.2, -0.15) is 0 Å². The Morgan fingerprint density at radius 3 is 2.06 bits per heavy atom. The van der Waals surface area contributed by atoms with Gasteiger partial charge in [0.25, 0.3) is 0 Å². The van der Waals surface area contributed by atoms with Crippen molar-refractivity contribution in [2.45, 2.75) is 91.5 Å². The molecule has 0 aliphatic rings. The van der Waals surface area contributed by atoms with Gasteiger partial charge in [-0.3, -0.25) is 0 Å². The maximum atomic E-state index is 3.64. The van der Waals surface area contributed by atoms with Crippen molar-refractivity contribution >= 4 is 0 Å². The SMILES string of the molecule is CCCCCCCCCC(C=C(C)C)NCCC. The van der Waals surface area contributed by atoms with Crippen molar-refractivity contribution in [3.05, 3.63) is 11.6 Å². The van der Waals surface area contributed by atoms with E-state index in [4.69, 9.17) is 0 Å². The molecular weight excluding hydrogens is 218 g/mol. The van der Waals surface area contributed by atoms with E-state index < -0.39 is 0 Å². The largest absolute Gasteiger partial charge is 0.311 e. The third-order valence-electron chi connectivity index (χ3n) is 3.31. The zero-order valence-electron chi connectivity index (χ0n) is 13.2. The molecule has 0 aromatic heterocycles. The van der Waals surface area contributed by atoms with Gasteiger partial charge in [0.1, 0.15) is 0 Å². The summed E-state index contributed by atoms with van der Waals surface area (Å²) in [5.41, 5.74) is 1.44. The number of hydrogen-bond donors (Lipinski definition) is 1. The Bertz CT molecular complexity index is 192. The summed E-state index contributed by atoms with van der Waals surface area (Å²) in [6.45, 7) is 10.1. The van der Waals surface area contributed by atoms with E-state index in [1.165, 1.54) is 63.4 Å². The molecule has 0 fully saturated rings. The molecule has 1 heteroatoms. The van der Waals surface area contributed by atoms with Crippen LogP contribution in [0.2, 0.25) is 0 Å². The maximum absolute atomic E-state index is 3.64. The quantitative estimate of drug-likeness (QED) is 0.359. The topological polar surface area (TPSA) is 12.0 Å². The van der Waals surface area contributed by atoms with Crippen LogP contribution in [-0.2, 0) is 0 Å². The van der Waals surface area contributed by atoms with E-state index in [9.17, 15) is 0 Å². The van der Waals surface area contributed by atoms with Crippen molar-refractivity contribution in [3.8, 4) is 0 Å². The van der Waals surface area contributed by atoms with E-state index in [-0.39, 0.29) is 0 Å². The van der Waals surface area contributed by atoms with Gasteiger partial charge in [-0.25, -0.2) is 0 Å². The first-order valence-electron chi connectivity index (χ1n) is 8.09. The van der Waals surface area contributed by atoms with E-state index in [1.54, 1.807) is 0 Å². The Hall–Kier alpha value is -0.300. The van der Waals surface area contributed by atoms with Crippen LogP contribution in [0.1, 0.15) is 85.5 Å². The Labute approximate surface area is 115 Å². The maximum Gasteiger partial charge on any atom is 0.0252 e. The summed E-state index contributed by atoms with van der Waals surface area (Å²) in [5, 5.41) is 3.64. The minimum Gasteiger partial charge on any atom is -0.311 e. The highest BCUT2D eigenvalue weighted by atomic mass is 14.9. The van der Waals surface area contributed by atoms with E-state index in [1.807, 2.05) is 0 Å². The zero-order valence-corrected chi connectivity index (χ0v) is 13.2. The third kappa shape index (κ3) is 12.2. The van der Waals surface area contributed by atoms with Crippen molar-refractivity contribution in [2.24, 2.45) is 0 Å². The molecule has 0 amide bonds. The van der Waals surface area contributed by atoms with Crippen LogP contribution >= 0.6 is 0 Å². The summed E-state index contributed by atoms with van der Waals surface area (Å²) in [7, 11) is 0. The molecule has 0 aliphatic heterocycles. The van der Waals surface area contributed by atoms with Crippen LogP contribution < -0.4 is 5.32 Å². The van der Waals surface area contributed by atoms with Gasteiger partial charge in [0.05, 0.1) is 0 Å². The number of hydrogen-bond acceptors (Lipinski definition) is 1. The molecule has 0 rings (SSSR count). The molecule has 1 atom stereocenters. The van der Waals surface area contributed by atoms with Gasteiger partial charge in [-0.05, 0) is 33.2 Å². The average Bonchev–Trinajstić information content (AvgIpc) is 2.34. The molecule has 18 heavy (non-hydrogen) atoms. The van der Waals surface area contributed by atoms with Gasteiger partial charge in [0, 0.05) is 6.04 Å². The molecule has 108 valence electrons. The van der Waals surface area contributed by atoms with Crippen LogP contribution in [0.4, 0.5) is 0 Å². The summed E-state index contributed by atoms with van der Waals surface area (Å²) in [4.78, 5) is 0. The lowest BCUT2D eigenvalue weighted by atomic mass is 10.0. The summed E-state index contributed by atoms with van der Waals surface area (Å²) < 4.78 is 0. The zero-order chi connectivity index (χ0) is 13.6. The van der Waals surface area contributed by atoms with Crippen molar-refractivity contribution in [3.63, 3.8) is 0 Å². The van der Waals surface area contributed by atoms with Crippen molar-refractivity contribution in [1.29, 1.82) is 0 Å². The predicted octanol–water partition coefficient (Wildman–Crippen LogP) is 5.46. The van der Waals surface area contributed by atoms with Crippen LogP contribution in [-0.4, -0.2) is 12.6 Å². The normalized spacial score (nSPS) is 12.4. The third-order valence-corrected chi connectivity index (χ3v) is 3.31.